The maximum Gasteiger partial charge on any atom is 0.253 e. The zero-order valence-electron chi connectivity index (χ0n) is 13.2. The van der Waals surface area contributed by atoms with Crippen molar-refractivity contribution in [2.45, 2.75) is 0 Å². The Balaban J connectivity index is 2.04. The molecule has 0 aliphatic rings. The van der Waals surface area contributed by atoms with E-state index >= 15 is 0 Å². The van der Waals surface area contributed by atoms with Crippen molar-refractivity contribution in [3.05, 3.63) is 69.7 Å². The maximum absolute atomic E-state index is 12.0. The molecule has 124 valence electrons. The van der Waals surface area contributed by atoms with Gasteiger partial charge in [-0.2, -0.15) is 0 Å². The van der Waals surface area contributed by atoms with Gasteiger partial charge in [-0.1, -0.05) is 41.4 Å². The fourth-order valence-electron chi connectivity index (χ4n) is 1.94. The van der Waals surface area contributed by atoms with Crippen LogP contribution in [0.5, 0.6) is 0 Å². The molecule has 0 unspecified atom stereocenters. The first kappa shape index (κ1) is 18.0. The third-order valence-electron chi connectivity index (χ3n) is 3.20. The van der Waals surface area contributed by atoms with Gasteiger partial charge in [-0.05, 0) is 35.9 Å². The molecule has 0 saturated carbocycles. The smallest absolute Gasteiger partial charge is 0.253 e. The number of carbonyl (C=O) groups excluding carboxylic acids is 2. The van der Waals surface area contributed by atoms with E-state index in [2.05, 4.69) is 5.32 Å². The lowest BCUT2D eigenvalue weighted by Crippen LogP contribution is -2.21. The molecule has 2 aromatic carbocycles. The molecule has 0 spiro atoms. The van der Waals surface area contributed by atoms with Crippen molar-refractivity contribution >= 4 is 46.8 Å². The van der Waals surface area contributed by atoms with Crippen molar-refractivity contribution in [2.75, 3.05) is 19.4 Å². The second kappa shape index (κ2) is 7.99. The van der Waals surface area contributed by atoms with Crippen LogP contribution in [-0.4, -0.2) is 30.8 Å². The van der Waals surface area contributed by atoms with Crippen molar-refractivity contribution in [3.8, 4) is 0 Å². The number of hydrogen-bond acceptors (Lipinski definition) is 2. The molecular weight excluding hydrogens is 347 g/mol. The van der Waals surface area contributed by atoms with Gasteiger partial charge >= 0.3 is 0 Å². The number of amides is 2. The van der Waals surface area contributed by atoms with E-state index in [-0.39, 0.29) is 11.8 Å². The normalized spacial score (nSPS) is 10.7. The summed E-state index contributed by atoms with van der Waals surface area (Å²) in [6, 6.07) is 12.0. The Kier molecular flexibility index (Phi) is 6.01. The van der Waals surface area contributed by atoms with Crippen LogP contribution in [0.2, 0.25) is 10.0 Å². The van der Waals surface area contributed by atoms with E-state index in [9.17, 15) is 9.59 Å². The van der Waals surface area contributed by atoms with Gasteiger partial charge in [0.05, 0.1) is 15.7 Å². The summed E-state index contributed by atoms with van der Waals surface area (Å²) in [5, 5.41) is 3.34. The van der Waals surface area contributed by atoms with Crippen LogP contribution in [0.15, 0.2) is 48.5 Å². The van der Waals surface area contributed by atoms with Gasteiger partial charge in [0, 0.05) is 25.7 Å². The molecule has 0 fully saturated rings. The summed E-state index contributed by atoms with van der Waals surface area (Å²) >= 11 is 11.9. The van der Waals surface area contributed by atoms with E-state index in [0.717, 1.165) is 5.56 Å². The Bertz CT molecular complexity index is 784. The second-order valence-corrected chi connectivity index (χ2v) is 6.03. The number of carbonyl (C=O) groups is 2. The summed E-state index contributed by atoms with van der Waals surface area (Å²) < 4.78 is 0. The number of halogens is 2. The van der Waals surface area contributed by atoms with Crippen LogP contribution in [0.4, 0.5) is 5.69 Å². The highest BCUT2D eigenvalue weighted by molar-refractivity contribution is 6.44. The van der Waals surface area contributed by atoms with Crippen molar-refractivity contribution in [1.29, 1.82) is 0 Å². The van der Waals surface area contributed by atoms with Gasteiger partial charge in [0.1, 0.15) is 0 Å². The zero-order chi connectivity index (χ0) is 17.7. The molecule has 24 heavy (non-hydrogen) atoms. The lowest BCUT2D eigenvalue weighted by atomic mass is 10.1. The minimum absolute atomic E-state index is 0.0705. The van der Waals surface area contributed by atoms with Crippen molar-refractivity contribution < 1.29 is 9.59 Å². The van der Waals surface area contributed by atoms with E-state index in [1.54, 1.807) is 62.6 Å². The minimum Gasteiger partial charge on any atom is -0.345 e. The van der Waals surface area contributed by atoms with E-state index in [0.29, 0.717) is 21.3 Å². The molecule has 0 atom stereocenters. The highest BCUT2D eigenvalue weighted by atomic mass is 35.5. The van der Waals surface area contributed by atoms with Crippen LogP contribution in [0.25, 0.3) is 6.08 Å². The molecule has 0 aliphatic carbocycles. The third kappa shape index (κ3) is 4.60. The monoisotopic (exact) mass is 362 g/mol. The van der Waals surface area contributed by atoms with Gasteiger partial charge in [0.2, 0.25) is 5.91 Å². The summed E-state index contributed by atoms with van der Waals surface area (Å²) in [5.74, 6) is -0.397. The molecule has 0 saturated heterocycles. The van der Waals surface area contributed by atoms with Gasteiger partial charge in [-0.25, -0.2) is 0 Å². The molecule has 1 N–H and O–H groups in total. The fraction of sp³-hybridized carbons (Fsp3) is 0.111. The maximum atomic E-state index is 12.0. The summed E-state index contributed by atoms with van der Waals surface area (Å²) in [4.78, 5) is 25.3. The van der Waals surface area contributed by atoms with Crippen molar-refractivity contribution in [3.63, 3.8) is 0 Å². The summed E-state index contributed by atoms with van der Waals surface area (Å²) in [6.45, 7) is 0. The number of anilines is 1. The Labute approximate surface area is 150 Å². The number of nitrogens with one attached hydrogen (secondary N) is 1. The molecule has 0 radical (unpaired) electrons. The molecular formula is C18H16Cl2N2O2. The lowest BCUT2D eigenvalue weighted by molar-refractivity contribution is -0.111. The Hall–Kier alpha value is -2.30. The molecule has 0 heterocycles. The molecule has 2 aromatic rings. The van der Waals surface area contributed by atoms with E-state index in [1.165, 1.54) is 11.0 Å². The quantitative estimate of drug-likeness (QED) is 0.822. The first-order valence-corrected chi connectivity index (χ1v) is 7.89. The largest absolute Gasteiger partial charge is 0.345 e. The highest BCUT2D eigenvalue weighted by Crippen LogP contribution is 2.29. The van der Waals surface area contributed by atoms with Gasteiger partial charge in [0.25, 0.3) is 5.91 Å². The number of benzene rings is 2. The molecule has 0 aromatic heterocycles. The Morgan fingerprint density at radius 1 is 1.04 bits per heavy atom. The van der Waals surface area contributed by atoms with E-state index in [4.69, 9.17) is 23.2 Å². The van der Waals surface area contributed by atoms with Crippen LogP contribution in [-0.2, 0) is 4.79 Å². The lowest BCUT2D eigenvalue weighted by Gasteiger charge is -2.09. The van der Waals surface area contributed by atoms with Crippen LogP contribution in [0, 0.1) is 0 Å². The summed E-state index contributed by atoms with van der Waals surface area (Å²) in [7, 11) is 3.39. The average Bonchev–Trinajstić information content (AvgIpc) is 2.57. The molecule has 0 bridgehead atoms. The summed E-state index contributed by atoms with van der Waals surface area (Å²) in [6.07, 6.45) is 3.04. The predicted molar refractivity (Wildman–Crippen MR) is 98.6 cm³/mol. The van der Waals surface area contributed by atoms with Crippen LogP contribution < -0.4 is 5.32 Å². The number of hydrogen-bond donors (Lipinski definition) is 1. The zero-order valence-corrected chi connectivity index (χ0v) is 14.7. The molecule has 2 amide bonds. The van der Waals surface area contributed by atoms with Crippen LogP contribution in [0.1, 0.15) is 15.9 Å². The van der Waals surface area contributed by atoms with Crippen LogP contribution in [0.3, 0.4) is 0 Å². The third-order valence-corrected chi connectivity index (χ3v) is 4.02. The van der Waals surface area contributed by atoms with E-state index < -0.39 is 0 Å². The van der Waals surface area contributed by atoms with Gasteiger partial charge in [0.15, 0.2) is 0 Å². The predicted octanol–water partition coefficient (Wildman–Crippen LogP) is 4.35. The van der Waals surface area contributed by atoms with Gasteiger partial charge in [-0.3, -0.25) is 9.59 Å². The average molecular weight is 363 g/mol. The van der Waals surface area contributed by atoms with Gasteiger partial charge < -0.3 is 10.2 Å². The highest BCUT2D eigenvalue weighted by Gasteiger charge is 2.07. The Morgan fingerprint density at radius 2 is 1.71 bits per heavy atom. The van der Waals surface area contributed by atoms with Crippen molar-refractivity contribution in [2.24, 2.45) is 0 Å². The SMILES string of the molecule is CN(C)C(=O)c1ccc(/C=C/C(=O)Nc2cccc(Cl)c2Cl)cc1. The van der Waals surface area contributed by atoms with Crippen molar-refractivity contribution in [1.82, 2.24) is 4.90 Å². The Morgan fingerprint density at radius 3 is 2.33 bits per heavy atom. The second-order valence-electron chi connectivity index (χ2n) is 5.25. The fourth-order valence-corrected chi connectivity index (χ4v) is 2.29. The first-order chi connectivity index (χ1) is 11.4. The minimum atomic E-state index is -0.326. The molecule has 0 aliphatic heterocycles. The molecule has 2 rings (SSSR count). The van der Waals surface area contributed by atoms with Gasteiger partial charge in [-0.15, -0.1) is 0 Å². The standard InChI is InChI=1S/C18H16Cl2N2O2/c1-22(2)18(24)13-9-6-12(7-10-13)8-11-16(23)21-15-5-3-4-14(19)17(15)20/h3-11H,1-2H3,(H,21,23)/b11-8+. The number of nitrogens with zero attached hydrogens (tertiary/aromatic N) is 1. The molecule has 6 heteroatoms. The summed E-state index contributed by atoms with van der Waals surface area (Å²) in [5.41, 5.74) is 1.84. The topological polar surface area (TPSA) is 49.4 Å². The van der Waals surface area contributed by atoms with E-state index in [1.807, 2.05) is 0 Å². The first-order valence-electron chi connectivity index (χ1n) is 7.13. The molecule has 4 nitrogen and oxygen atoms in total. The van der Waals surface area contributed by atoms with Crippen LogP contribution >= 0.6 is 23.2 Å². The number of rotatable bonds is 4.